The number of aryl methyl sites for hydroxylation is 1. The molecule has 0 radical (unpaired) electrons. The first-order chi connectivity index (χ1) is 12.1. The quantitative estimate of drug-likeness (QED) is 0.782. The van der Waals surface area contributed by atoms with Crippen molar-refractivity contribution < 1.29 is 17.6 Å². The molecule has 0 atom stereocenters. The van der Waals surface area contributed by atoms with Crippen molar-refractivity contribution in [3.8, 4) is 0 Å². The van der Waals surface area contributed by atoms with Crippen LogP contribution in [0.15, 0.2) is 41.3 Å². The second-order valence-electron chi connectivity index (χ2n) is 5.80. The van der Waals surface area contributed by atoms with Gasteiger partial charge in [-0.05, 0) is 42.8 Å². The summed E-state index contributed by atoms with van der Waals surface area (Å²) in [4.78, 5) is 12.2. The van der Waals surface area contributed by atoms with Crippen LogP contribution in [-0.4, -0.2) is 39.3 Å². The Bertz CT molecular complexity index is 933. The predicted octanol–water partition coefficient (Wildman–Crippen LogP) is 3.09. The summed E-state index contributed by atoms with van der Waals surface area (Å²) in [5.41, 5.74) is 1.46. The fraction of sp³-hybridized carbons (Fsp3) is 0.235. The molecule has 1 amide bonds. The van der Waals surface area contributed by atoms with Crippen LogP contribution in [0.3, 0.4) is 0 Å². The van der Waals surface area contributed by atoms with Crippen molar-refractivity contribution in [3.05, 3.63) is 52.8 Å². The molecule has 0 aliphatic carbocycles. The lowest BCUT2D eigenvalue weighted by Gasteiger charge is -2.15. The average molecular weight is 400 g/mol. The number of sulfonamides is 1. The average Bonchev–Trinajstić information content (AvgIpc) is 2.57. The molecule has 140 valence electrons. The monoisotopic (exact) mass is 399 g/mol. The Labute approximate surface area is 157 Å². The van der Waals surface area contributed by atoms with Crippen LogP contribution in [0.2, 0.25) is 5.02 Å². The number of carbonyl (C=O) groups excluding carboxylic acids is 1. The number of hydrogen-bond donors (Lipinski definition) is 2. The van der Waals surface area contributed by atoms with Crippen molar-refractivity contribution in [2.45, 2.75) is 11.8 Å². The zero-order valence-electron chi connectivity index (χ0n) is 14.5. The number of nitrogens with one attached hydrogen (secondary N) is 2. The summed E-state index contributed by atoms with van der Waals surface area (Å²) in [6.07, 6.45) is 0. The van der Waals surface area contributed by atoms with Gasteiger partial charge in [0.1, 0.15) is 5.82 Å². The van der Waals surface area contributed by atoms with Crippen molar-refractivity contribution in [2.75, 3.05) is 31.3 Å². The lowest BCUT2D eigenvalue weighted by atomic mass is 10.2. The molecule has 6 nitrogen and oxygen atoms in total. The van der Waals surface area contributed by atoms with E-state index in [9.17, 15) is 17.6 Å². The van der Waals surface area contributed by atoms with Gasteiger partial charge in [0.05, 0.1) is 16.5 Å². The topological polar surface area (TPSA) is 78.5 Å². The van der Waals surface area contributed by atoms with Gasteiger partial charge in [-0.25, -0.2) is 17.1 Å². The zero-order chi connectivity index (χ0) is 19.5. The van der Waals surface area contributed by atoms with E-state index in [1.54, 1.807) is 19.1 Å². The summed E-state index contributed by atoms with van der Waals surface area (Å²) in [6, 6.07) is 8.69. The molecule has 0 bridgehead atoms. The van der Waals surface area contributed by atoms with Crippen LogP contribution in [0, 0.1) is 12.7 Å². The van der Waals surface area contributed by atoms with Gasteiger partial charge >= 0.3 is 0 Å². The van der Waals surface area contributed by atoms with E-state index in [1.807, 2.05) is 0 Å². The molecule has 2 aromatic rings. The molecule has 0 heterocycles. The molecule has 0 fully saturated rings. The van der Waals surface area contributed by atoms with E-state index in [-0.39, 0.29) is 22.4 Å². The number of rotatable bonds is 6. The molecule has 2 rings (SSSR count). The van der Waals surface area contributed by atoms with E-state index in [0.29, 0.717) is 16.9 Å². The van der Waals surface area contributed by atoms with E-state index in [0.717, 1.165) is 10.4 Å². The minimum Gasteiger partial charge on any atom is -0.376 e. The standard InChI is InChI=1S/C17H19ClFN3O3S/c1-11-4-5-12(9-16(11)26(24,25)22(2)3)20-10-17(23)21-13-6-7-15(19)14(18)8-13/h4-9,20H,10H2,1-3H3,(H,21,23). The third-order valence-electron chi connectivity index (χ3n) is 3.60. The largest absolute Gasteiger partial charge is 0.376 e. The normalized spacial score (nSPS) is 11.5. The molecular formula is C17H19ClFN3O3S. The Kier molecular flexibility index (Phi) is 6.22. The number of benzene rings is 2. The highest BCUT2D eigenvalue weighted by Crippen LogP contribution is 2.22. The minimum absolute atomic E-state index is 0.0900. The first-order valence-electron chi connectivity index (χ1n) is 7.63. The smallest absolute Gasteiger partial charge is 0.243 e. The number of carbonyl (C=O) groups is 1. The molecule has 0 saturated carbocycles. The first-order valence-corrected chi connectivity index (χ1v) is 9.45. The van der Waals surface area contributed by atoms with Crippen molar-refractivity contribution in [3.63, 3.8) is 0 Å². The second-order valence-corrected chi connectivity index (χ2v) is 8.33. The highest BCUT2D eigenvalue weighted by molar-refractivity contribution is 7.89. The van der Waals surface area contributed by atoms with Gasteiger partial charge in [-0.3, -0.25) is 4.79 Å². The molecule has 0 aromatic heterocycles. The number of halogens is 2. The van der Waals surface area contributed by atoms with Gasteiger partial charge in [0, 0.05) is 25.5 Å². The van der Waals surface area contributed by atoms with Gasteiger partial charge in [-0.2, -0.15) is 0 Å². The highest BCUT2D eigenvalue weighted by atomic mass is 35.5. The highest BCUT2D eigenvalue weighted by Gasteiger charge is 2.20. The summed E-state index contributed by atoms with van der Waals surface area (Å²) < 4.78 is 38.9. The van der Waals surface area contributed by atoms with Crippen LogP contribution in [-0.2, 0) is 14.8 Å². The third-order valence-corrected chi connectivity index (χ3v) is 5.85. The molecule has 2 aromatic carbocycles. The van der Waals surface area contributed by atoms with Crippen LogP contribution >= 0.6 is 11.6 Å². The maximum atomic E-state index is 13.1. The van der Waals surface area contributed by atoms with Crippen molar-refractivity contribution in [2.24, 2.45) is 0 Å². The number of anilines is 2. The predicted molar refractivity (Wildman–Crippen MR) is 101 cm³/mol. The second kappa shape index (κ2) is 8.03. The SMILES string of the molecule is Cc1ccc(NCC(=O)Nc2ccc(F)c(Cl)c2)cc1S(=O)(=O)N(C)C. The van der Waals surface area contributed by atoms with Crippen LogP contribution in [0.5, 0.6) is 0 Å². The summed E-state index contributed by atoms with van der Waals surface area (Å²) in [5, 5.41) is 5.35. The molecule has 2 N–H and O–H groups in total. The molecule has 26 heavy (non-hydrogen) atoms. The minimum atomic E-state index is -3.58. The molecule has 0 saturated heterocycles. The van der Waals surface area contributed by atoms with Gasteiger partial charge in [0.2, 0.25) is 15.9 Å². The Balaban J connectivity index is 2.07. The van der Waals surface area contributed by atoms with Gasteiger partial charge in [-0.1, -0.05) is 17.7 Å². The van der Waals surface area contributed by atoms with Crippen LogP contribution < -0.4 is 10.6 Å². The fourth-order valence-electron chi connectivity index (χ4n) is 2.15. The summed E-state index contributed by atoms with van der Waals surface area (Å²) in [6.45, 7) is 1.60. The van der Waals surface area contributed by atoms with Crippen molar-refractivity contribution in [1.29, 1.82) is 0 Å². The molecule has 0 aliphatic rings. The van der Waals surface area contributed by atoms with Gasteiger partial charge in [-0.15, -0.1) is 0 Å². The van der Waals surface area contributed by atoms with E-state index in [4.69, 9.17) is 11.6 Å². The maximum Gasteiger partial charge on any atom is 0.243 e. The van der Waals surface area contributed by atoms with Crippen LogP contribution in [0.1, 0.15) is 5.56 Å². The van der Waals surface area contributed by atoms with Crippen molar-refractivity contribution in [1.82, 2.24) is 4.31 Å². The molecule has 0 unspecified atom stereocenters. The van der Waals surface area contributed by atoms with Crippen LogP contribution in [0.4, 0.5) is 15.8 Å². The summed E-state index contributed by atoms with van der Waals surface area (Å²) in [7, 11) is -0.674. The first kappa shape index (κ1) is 20.2. The lowest BCUT2D eigenvalue weighted by Crippen LogP contribution is -2.24. The van der Waals surface area contributed by atoms with E-state index in [2.05, 4.69) is 10.6 Å². The molecule has 9 heteroatoms. The Hall–Kier alpha value is -2.16. The summed E-state index contributed by atoms with van der Waals surface area (Å²) in [5.74, 6) is -0.956. The molecule has 0 aliphatic heterocycles. The van der Waals surface area contributed by atoms with Crippen molar-refractivity contribution >= 4 is 38.9 Å². The molecule has 0 spiro atoms. The lowest BCUT2D eigenvalue weighted by molar-refractivity contribution is -0.114. The summed E-state index contributed by atoms with van der Waals surface area (Å²) >= 11 is 5.67. The van der Waals surface area contributed by atoms with Gasteiger partial charge in [0.25, 0.3) is 0 Å². The fourth-order valence-corrected chi connectivity index (χ4v) is 3.47. The molecular weight excluding hydrogens is 381 g/mol. The van der Waals surface area contributed by atoms with Gasteiger partial charge in [0.15, 0.2) is 0 Å². The van der Waals surface area contributed by atoms with E-state index in [1.165, 1.54) is 32.3 Å². The third kappa shape index (κ3) is 4.72. The number of nitrogens with zero attached hydrogens (tertiary/aromatic N) is 1. The van der Waals surface area contributed by atoms with Crippen LogP contribution in [0.25, 0.3) is 0 Å². The Morgan fingerprint density at radius 2 is 1.81 bits per heavy atom. The van der Waals surface area contributed by atoms with E-state index < -0.39 is 15.8 Å². The number of amides is 1. The van der Waals surface area contributed by atoms with Gasteiger partial charge < -0.3 is 10.6 Å². The zero-order valence-corrected chi connectivity index (χ0v) is 16.1. The Morgan fingerprint density at radius 3 is 2.42 bits per heavy atom. The maximum absolute atomic E-state index is 13.1. The van der Waals surface area contributed by atoms with E-state index >= 15 is 0 Å². The number of hydrogen-bond acceptors (Lipinski definition) is 4. The Morgan fingerprint density at radius 1 is 1.15 bits per heavy atom.